The number of aromatic nitrogens is 1. The van der Waals surface area contributed by atoms with Gasteiger partial charge in [0.15, 0.2) is 0 Å². The average molecular weight is 348 g/mol. The molecule has 0 fully saturated rings. The molecule has 8 heteroatoms. The molecule has 25 heavy (non-hydrogen) atoms. The number of aromatic amines is 1. The molecule has 0 aliphatic carbocycles. The Kier molecular flexibility index (Phi) is 6.93. The first-order valence-electron chi connectivity index (χ1n) is 8.22. The van der Waals surface area contributed by atoms with E-state index < -0.39 is 24.0 Å². The number of aliphatic carboxylic acids is 1. The number of hydrogen-bond donors (Lipinski definition) is 5. The van der Waals surface area contributed by atoms with Crippen molar-refractivity contribution in [1.82, 2.24) is 10.5 Å². The lowest BCUT2D eigenvalue weighted by molar-refractivity contribution is -0.159. The van der Waals surface area contributed by atoms with Crippen molar-refractivity contribution in [3.8, 4) is 0 Å². The Bertz CT molecular complexity index is 715. The van der Waals surface area contributed by atoms with Crippen molar-refractivity contribution in [2.75, 3.05) is 6.54 Å². The van der Waals surface area contributed by atoms with Gasteiger partial charge in [-0.1, -0.05) is 24.6 Å². The summed E-state index contributed by atoms with van der Waals surface area (Å²) < 4.78 is 0. The van der Waals surface area contributed by atoms with Gasteiger partial charge in [0, 0.05) is 23.5 Å². The molecule has 0 radical (unpaired) electrons. The van der Waals surface area contributed by atoms with Crippen LogP contribution in [-0.2, 0) is 20.8 Å². The molecule has 0 spiro atoms. The molecule has 0 aliphatic rings. The minimum absolute atomic E-state index is 0.162. The quantitative estimate of drug-likeness (QED) is 0.313. The SMILES string of the molecule is NCCCC[C@H](N)C(=O)ON[C@H](Cc1c[nH]c2ccccc12)C(=O)O. The monoisotopic (exact) mass is 348 g/mol. The molecule has 0 aliphatic heterocycles. The average Bonchev–Trinajstić information content (AvgIpc) is 3.01. The number of carboxylic acid groups (broad SMARTS) is 1. The van der Waals surface area contributed by atoms with Crippen LogP contribution in [0.4, 0.5) is 0 Å². The number of benzene rings is 1. The van der Waals surface area contributed by atoms with Crippen LogP contribution in [0.2, 0.25) is 0 Å². The Morgan fingerprint density at radius 3 is 2.76 bits per heavy atom. The van der Waals surface area contributed by atoms with E-state index >= 15 is 0 Å². The summed E-state index contributed by atoms with van der Waals surface area (Å²) in [7, 11) is 0. The van der Waals surface area contributed by atoms with Crippen LogP contribution in [0.5, 0.6) is 0 Å². The van der Waals surface area contributed by atoms with E-state index in [0.29, 0.717) is 19.4 Å². The van der Waals surface area contributed by atoms with Crippen LogP contribution < -0.4 is 16.9 Å². The van der Waals surface area contributed by atoms with Crippen LogP contribution in [0, 0.1) is 0 Å². The van der Waals surface area contributed by atoms with E-state index in [4.69, 9.17) is 16.3 Å². The number of nitrogens with two attached hydrogens (primary N) is 2. The van der Waals surface area contributed by atoms with Crippen LogP contribution in [0.15, 0.2) is 30.5 Å². The van der Waals surface area contributed by atoms with Gasteiger partial charge in [-0.05, 0) is 31.0 Å². The molecule has 0 saturated carbocycles. The number of nitrogens with one attached hydrogen (secondary N) is 2. The second-order valence-electron chi connectivity index (χ2n) is 5.88. The summed E-state index contributed by atoms with van der Waals surface area (Å²) in [5.41, 5.74) is 15.2. The van der Waals surface area contributed by atoms with Gasteiger partial charge in [0.25, 0.3) is 0 Å². The molecule has 2 atom stereocenters. The maximum Gasteiger partial charge on any atom is 0.341 e. The number of hydroxylamine groups is 1. The lowest BCUT2D eigenvalue weighted by Crippen LogP contribution is -2.43. The molecule has 0 bridgehead atoms. The maximum atomic E-state index is 11.8. The molecule has 1 heterocycles. The first kappa shape index (κ1) is 18.9. The molecule has 2 rings (SSSR count). The fourth-order valence-electron chi connectivity index (χ4n) is 2.53. The van der Waals surface area contributed by atoms with E-state index in [1.165, 1.54) is 0 Å². The highest BCUT2D eigenvalue weighted by molar-refractivity contribution is 5.84. The molecule has 136 valence electrons. The lowest BCUT2D eigenvalue weighted by atomic mass is 10.1. The first-order chi connectivity index (χ1) is 12.0. The minimum Gasteiger partial charge on any atom is -0.480 e. The van der Waals surface area contributed by atoms with E-state index in [1.54, 1.807) is 6.20 Å². The predicted molar refractivity (Wildman–Crippen MR) is 93.5 cm³/mol. The van der Waals surface area contributed by atoms with Crippen LogP contribution >= 0.6 is 0 Å². The van der Waals surface area contributed by atoms with Gasteiger partial charge in [0.05, 0.1) is 0 Å². The van der Waals surface area contributed by atoms with Crippen LogP contribution in [0.1, 0.15) is 24.8 Å². The normalized spacial score (nSPS) is 13.5. The summed E-state index contributed by atoms with van der Waals surface area (Å²) in [5, 5.41) is 10.3. The number of fused-ring (bicyclic) bond motifs is 1. The zero-order chi connectivity index (χ0) is 18.2. The van der Waals surface area contributed by atoms with Gasteiger partial charge >= 0.3 is 11.9 Å². The van der Waals surface area contributed by atoms with E-state index in [-0.39, 0.29) is 6.42 Å². The molecule has 2 aromatic rings. The third-order valence-electron chi connectivity index (χ3n) is 3.97. The second kappa shape index (κ2) is 9.16. The number of carboxylic acids is 1. The van der Waals surface area contributed by atoms with Crippen molar-refractivity contribution in [2.24, 2.45) is 11.5 Å². The number of carbonyl (C=O) groups is 2. The fraction of sp³-hybridized carbons (Fsp3) is 0.412. The van der Waals surface area contributed by atoms with Gasteiger partial charge in [0.2, 0.25) is 0 Å². The third-order valence-corrected chi connectivity index (χ3v) is 3.97. The molecule has 0 saturated heterocycles. The van der Waals surface area contributed by atoms with E-state index in [2.05, 4.69) is 10.5 Å². The number of carbonyl (C=O) groups excluding carboxylic acids is 1. The summed E-state index contributed by atoms with van der Waals surface area (Å²) in [5.74, 6) is -1.79. The lowest BCUT2D eigenvalue weighted by Gasteiger charge is -2.16. The van der Waals surface area contributed by atoms with Gasteiger partial charge in [-0.3, -0.25) is 4.79 Å². The molecule has 8 nitrogen and oxygen atoms in total. The molecule has 7 N–H and O–H groups in total. The zero-order valence-electron chi connectivity index (χ0n) is 13.9. The molecule has 0 amide bonds. The van der Waals surface area contributed by atoms with Crippen molar-refractivity contribution < 1.29 is 19.5 Å². The summed E-state index contributed by atoms with van der Waals surface area (Å²) in [4.78, 5) is 31.3. The summed E-state index contributed by atoms with van der Waals surface area (Å²) in [6, 6.07) is 5.70. The first-order valence-corrected chi connectivity index (χ1v) is 8.22. The van der Waals surface area contributed by atoms with Crippen LogP contribution in [0.3, 0.4) is 0 Å². The van der Waals surface area contributed by atoms with Crippen molar-refractivity contribution in [3.63, 3.8) is 0 Å². The van der Waals surface area contributed by atoms with Crippen LogP contribution in [-0.4, -0.2) is 40.7 Å². The fourth-order valence-corrected chi connectivity index (χ4v) is 2.53. The van der Waals surface area contributed by atoms with Crippen LogP contribution in [0.25, 0.3) is 10.9 Å². The Morgan fingerprint density at radius 2 is 2.04 bits per heavy atom. The van der Waals surface area contributed by atoms with E-state index in [9.17, 15) is 14.7 Å². The topological polar surface area (TPSA) is 143 Å². The standard InChI is InChI=1S/C17H24N4O4/c18-8-4-3-6-13(19)17(24)25-21-15(16(22)23)9-11-10-20-14-7-2-1-5-12(11)14/h1-2,5,7,10,13,15,20-21H,3-4,6,8-9,18-19H2,(H,22,23)/t13-,15+/m0/s1. The van der Waals surface area contributed by atoms with Crippen molar-refractivity contribution >= 4 is 22.8 Å². The van der Waals surface area contributed by atoms with Crippen molar-refractivity contribution in [3.05, 3.63) is 36.0 Å². The second-order valence-corrected chi connectivity index (χ2v) is 5.88. The Hall–Kier alpha value is -2.42. The predicted octanol–water partition coefficient (Wildman–Crippen LogP) is 0.668. The highest BCUT2D eigenvalue weighted by atomic mass is 16.7. The zero-order valence-corrected chi connectivity index (χ0v) is 13.9. The Morgan fingerprint density at radius 1 is 1.28 bits per heavy atom. The largest absolute Gasteiger partial charge is 0.480 e. The summed E-state index contributed by atoms with van der Waals surface area (Å²) in [6.45, 7) is 0.533. The summed E-state index contributed by atoms with van der Waals surface area (Å²) in [6.07, 6.45) is 3.84. The van der Waals surface area contributed by atoms with Gasteiger partial charge in [-0.25, -0.2) is 4.79 Å². The number of para-hydroxylation sites is 1. The smallest absolute Gasteiger partial charge is 0.341 e. The van der Waals surface area contributed by atoms with E-state index in [1.807, 2.05) is 24.3 Å². The number of unbranched alkanes of at least 4 members (excludes halogenated alkanes) is 1. The molecular weight excluding hydrogens is 324 g/mol. The maximum absolute atomic E-state index is 11.8. The molecule has 1 aromatic carbocycles. The Labute approximate surface area is 145 Å². The van der Waals surface area contributed by atoms with Crippen molar-refractivity contribution in [2.45, 2.75) is 37.8 Å². The highest BCUT2D eigenvalue weighted by Crippen LogP contribution is 2.19. The summed E-state index contributed by atoms with van der Waals surface area (Å²) >= 11 is 0. The molecular formula is C17H24N4O4. The number of hydrogen-bond acceptors (Lipinski definition) is 6. The third kappa shape index (κ3) is 5.28. The number of rotatable bonds is 10. The molecule has 1 aromatic heterocycles. The highest BCUT2D eigenvalue weighted by Gasteiger charge is 2.23. The van der Waals surface area contributed by atoms with Crippen molar-refractivity contribution in [1.29, 1.82) is 0 Å². The molecule has 0 unspecified atom stereocenters. The van der Waals surface area contributed by atoms with Gasteiger partial charge in [-0.15, -0.1) is 5.48 Å². The van der Waals surface area contributed by atoms with Gasteiger partial charge in [-0.2, -0.15) is 0 Å². The minimum atomic E-state index is -1.12. The Balaban J connectivity index is 1.93. The van der Waals surface area contributed by atoms with Gasteiger partial charge in [0.1, 0.15) is 12.1 Å². The number of H-pyrrole nitrogens is 1. The van der Waals surface area contributed by atoms with Gasteiger partial charge < -0.3 is 26.4 Å². The van der Waals surface area contributed by atoms with E-state index in [0.717, 1.165) is 22.9 Å².